The highest BCUT2D eigenvalue weighted by Crippen LogP contribution is 2.29. The summed E-state index contributed by atoms with van der Waals surface area (Å²) < 4.78 is 0. The van der Waals surface area contributed by atoms with E-state index in [0.29, 0.717) is 11.7 Å². The number of benzene rings is 2. The van der Waals surface area contributed by atoms with E-state index >= 15 is 0 Å². The fraction of sp³-hybridized carbons (Fsp3) is 0.238. The molecule has 1 aromatic heterocycles. The van der Waals surface area contributed by atoms with Crippen molar-refractivity contribution in [2.75, 3.05) is 4.90 Å². The lowest BCUT2D eigenvalue weighted by atomic mass is 10.1. The lowest BCUT2D eigenvalue weighted by Crippen LogP contribution is -2.23. The lowest BCUT2D eigenvalue weighted by molar-refractivity contribution is -0.115. The Kier molecular flexibility index (Phi) is 6.26. The summed E-state index contributed by atoms with van der Waals surface area (Å²) in [6.07, 6.45) is 0. The van der Waals surface area contributed by atoms with Gasteiger partial charge < -0.3 is 5.32 Å². The Morgan fingerprint density at radius 3 is 2.67 bits per heavy atom. The van der Waals surface area contributed by atoms with Crippen LogP contribution in [0.2, 0.25) is 5.02 Å². The van der Waals surface area contributed by atoms with Crippen molar-refractivity contribution in [3.8, 4) is 0 Å². The predicted molar refractivity (Wildman–Crippen MR) is 113 cm³/mol. The van der Waals surface area contributed by atoms with Crippen LogP contribution < -0.4 is 10.2 Å². The maximum absolute atomic E-state index is 12.2. The zero-order valence-electron chi connectivity index (χ0n) is 15.6. The van der Waals surface area contributed by atoms with E-state index in [4.69, 9.17) is 11.6 Å². The summed E-state index contributed by atoms with van der Waals surface area (Å²) in [5.41, 5.74) is 4.02. The number of hydrogen-bond acceptors (Lipinski definition) is 4. The second kappa shape index (κ2) is 8.65. The number of nitrogens with one attached hydrogen (secondary N) is 1. The average molecular weight is 400 g/mol. The zero-order valence-corrected chi connectivity index (χ0v) is 17.1. The third kappa shape index (κ3) is 4.95. The summed E-state index contributed by atoms with van der Waals surface area (Å²) in [4.78, 5) is 18.5. The standard InChI is InChI=1S/C21H22ClN3OS/c1-14-5-4-6-20(11-14)25(16(3)26)21-24-19(13-27-21)12-23-15(2)17-7-9-18(22)10-8-17/h4-11,13,15,23H,12H2,1-3H3/t15-/m0/s1. The van der Waals surface area contributed by atoms with E-state index in [2.05, 4.69) is 17.2 Å². The quantitative estimate of drug-likeness (QED) is 0.583. The van der Waals surface area contributed by atoms with Crippen molar-refractivity contribution in [1.82, 2.24) is 10.3 Å². The number of carbonyl (C=O) groups excluding carboxylic acids is 1. The molecule has 0 bridgehead atoms. The first-order valence-corrected chi connectivity index (χ1v) is 10.0. The van der Waals surface area contributed by atoms with Crippen LogP contribution in [0.3, 0.4) is 0 Å². The predicted octanol–water partition coefficient (Wildman–Crippen LogP) is 5.64. The number of hydrogen-bond donors (Lipinski definition) is 1. The van der Waals surface area contributed by atoms with Gasteiger partial charge >= 0.3 is 0 Å². The van der Waals surface area contributed by atoms with Gasteiger partial charge in [-0.25, -0.2) is 4.98 Å². The van der Waals surface area contributed by atoms with E-state index in [9.17, 15) is 4.79 Å². The molecule has 2 aromatic carbocycles. The van der Waals surface area contributed by atoms with Gasteiger partial charge in [0, 0.05) is 29.9 Å². The topological polar surface area (TPSA) is 45.2 Å². The molecule has 0 saturated carbocycles. The smallest absolute Gasteiger partial charge is 0.230 e. The Bertz CT molecular complexity index is 923. The fourth-order valence-corrected chi connectivity index (χ4v) is 3.81. The molecule has 1 atom stereocenters. The van der Waals surface area contributed by atoms with Gasteiger partial charge in [0.15, 0.2) is 5.13 Å². The number of aromatic nitrogens is 1. The van der Waals surface area contributed by atoms with Crippen LogP contribution in [0.4, 0.5) is 10.8 Å². The largest absolute Gasteiger partial charge is 0.305 e. The van der Waals surface area contributed by atoms with Crippen LogP contribution in [0.15, 0.2) is 53.9 Å². The molecule has 0 fully saturated rings. The molecule has 0 radical (unpaired) electrons. The Morgan fingerprint density at radius 1 is 1.26 bits per heavy atom. The number of amides is 1. The third-order valence-electron chi connectivity index (χ3n) is 4.27. The summed E-state index contributed by atoms with van der Waals surface area (Å²) in [5.74, 6) is -0.0519. The molecule has 1 N–H and O–H groups in total. The Labute approximate surface area is 168 Å². The van der Waals surface area contributed by atoms with Crippen LogP contribution in [-0.4, -0.2) is 10.9 Å². The van der Waals surface area contributed by atoms with Crippen molar-refractivity contribution >= 4 is 39.7 Å². The van der Waals surface area contributed by atoms with Crippen molar-refractivity contribution in [3.63, 3.8) is 0 Å². The number of carbonyl (C=O) groups is 1. The van der Waals surface area contributed by atoms with E-state index in [1.807, 2.05) is 60.8 Å². The van der Waals surface area contributed by atoms with E-state index in [-0.39, 0.29) is 11.9 Å². The summed E-state index contributed by atoms with van der Waals surface area (Å²) in [5, 5.41) is 6.87. The van der Waals surface area contributed by atoms with Crippen LogP contribution in [0.5, 0.6) is 0 Å². The minimum atomic E-state index is -0.0519. The molecule has 140 valence electrons. The number of anilines is 2. The van der Waals surface area contributed by atoms with Gasteiger partial charge in [0.2, 0.25) is 5.91 Å². The molecule has 0 aliphatic carbocycles. The first-order valence-electron chi connectivity index (χ1n) is 8.74. The van der Waals surface area contributed by atoms with Crippen molar-refractivity contribution < 1.29 is 4.79 Å². The summed E-state index contributed by atoms with van der Waals surface area (Å²) >= 11 is 7.42. The first-order chi connectivity index (χ1) is 12.9. The van der Waals surface area contributed by atoms with Gasteiger partial charge in [-0.2, -0.15) is 0 Å². The van der Waals surface area contributed by atoms with E-state index in [1.54, 1.807) is 11.8 Å². The summed E-state index contributed by atoms with van der Waals surface area (Å²) in [7, 11) is 0. The zero-order chi connectivity index (χ0) is 19.4. The first kappa shape index (κ1) is 19.5. The molecule has 0 aliphatic heterocycles. The number of thiazole rings is 1. The second-order valence-electron chi connectivity index (χ2n) is 6.47. The van der Waals surface area contributed by atoms with Gasteiger partial charge in [-0.3, -0.25) is 9.69 Å². The normalized spacial score (nSPS) is 12.0. The number of aryl methyl sites for hydroxylation is 1. The molecule has 1 amide bonds. The highest BCUT2D eigenvalue weighted by atomic mass is 35.5. The van der Waals surface area contributed by atoms with Gasteiger partial charge in [-0.1, -0.05) is 35.9 Å². The number of halogens is 1. The van der Waals surface area contributed by atoms with Crippen molar-refractivity contribution in [1.29, 1.82) is 0 Å². The average Bonchev–Trinajstić information content (AvgIpc) is 3.08. The third-order valence-corrected chi connectivity index (χ3v) is 5.39. The molecule has 0 unspecified atom stereocenters. The van der Waals surface area contributed by atoms with Crippen LogP contribution in [-0.2, 0) is 11.3 Å². The van der Waals surface area contributed by atoms with Gasteiger partial charge in [0.1, 0.15) is 0 Å². The Balaban J connectivity index is 1.71. The Morgan fingerprint density at radius 2 is 2.00 bits per heavy atom. The van der Waals surface area contributed by atoms with Crippen LogP contribution in [0.1, 0.15) is 36.7 Å². The van der Waals surface area contributed by atoms with Gasteiger partial charge in [0.05, 0.1) is 11.4 Å². The van der Waals surface area contributed by atoms with Crippen molar-refractivity contribution in [2.45, 2.75) is 33.4 Å². The van der Waals surface area contributed by atoms with E-state index < -0.39 is 0 Å². The maximum Gasteiger partial charge on any atom is 0.230 e. The van der Waals surface area contributed by atoms with Crippen molar-refractivity contribution in [3.05, 3.63) is 75.8 Å². The SMILES string of the molecule is CC(=O)N(c1cccc(C)c1)c1nc(CN[C@@H](C)c2ccc(Cl)cc2)cs1. The summed E-state index contributed by atoms with van der Waals surface area (Å²) in [6, 6.07) is 15.9. The van der Waals surface area contributed by atoms with Crippen LogP contribution in [0, 0.1) is 6.92 Å². The molecule has 6 heteroatoms. The highest BCUT2D eigenvalue weighted by Gasteiger charge is 2.18. The van der Waals surface area contributed by atoms with E-state index in [0.717, 1.165) is 22.0 Å². The number of rotatable bonds is 6. The Hall–Kier alpha value is -2.21. The minimum Gasteiger partial charge on any atom is -0.305 e. The van der Waals surface area contributed by atoms with Crippen LogP contribution in [0.25, 0.3) is 0 Å². The molecule has 0 spiro atoms. The molecule has 1 heterocycles. The minimum absolute atomic E-state index is 0.0519. The summed E-state index contributed by atoms with van der Waals surface area (Å²) in [6.45, 7) is 6.30. The van der Waals surface area contributed by atoms with Crippen molar-refractivity contribution in [2.24, 2.45) is 0 Å². The lowest BCUT2D eigenvalue weighted by Gasteiger charge is -2.18. The highest BCUT2D eigenvalue weighted by molar-refractivity contribution is 7.14. The molecular weight excluding hydrogens is 378 g/mol. The fourth-order valence-electron chi connectivity index (χ4n) is 2.80. The molecule has 0 saturated heterocycles. The molecule has 3 aromatic rings. The molecule has 27 heavy (non-hydrogen) atoms. The van der Waals surface area contributed by atoms with Gasteiger partial charge in [-0.15, -0.1) is 11.3 Å². The molecule has 4 nitrogen and oxygen atoms in total. The molecule has 0 aliphatic rings. The number of nitrogens with zero attached hydrogens (tertiary/aromatic N) is 2. The monoisotopic (exact) mass is 399 g/mol. The molecular formula is C21H22ClN3OS. The molecule has 3 rings (SSSR count). The van der Waals surface area contributed by atoms with E-state index in [1.165, 1.54) is 16.9 Å². The van der Waals surface area contributed by atoms with Gasteiger partial charge in [-0.05, 0) is 49.2 Å². The maximum atomic E-state index is 12.2. The van der Waals surface area contributed by atoms with Gasteiger partial charge in [0.25, 0.3) is 0 Å². The second-order valence-corrected chi connectivity index (χ2v) is 7.74. The van der Waals surface area contributed by atoms with Crippen LogP contribution >= 0.6 is 22.9 Å².